The second-order valence-electron chi connectivity index (χ2n) is 3.97. The van der Waals surface area contributed by atoms with E-state index in [1.165, 1.54) is 0 Å². The third-order valence-corrected chi connectivity index (χ3v) is 2.64. The number of allylic oxidation sites excluding steroid dienone is 2. The number of carbonyl (C=O) groups excluding carboxylic acids is 1. The van der Waals surface area contributed by atoms with Gasteiger partial charge in [-0.05, 0) is 41.7 Å². The molecule has 0 saturated carbocycles. The van der Waals surface area contributed by atoms with Crippen molar-refractivity contribution in [3.8, 4) is 5.75 Å². The van der Waals surface area contributed by atoms with Crippen LogP contribution in [0.3, 0.4) is 0 Å². The second-order valence-corrected chi connectivity index (χ2v) is 3.97. The van der Waals surface area contributed by atoms with Crippen LogP contribution in [0.4, 0.5) is 0 Å². The minimum absolute atomic E-state index is 0.204. The molecule has 0 aliphatic rings. The number of phenolic OH excluding ortho intramolecular Hbond substituents is 1. The number of benzene rings is 1. The van der Waals surface area contributed by atoms with Gasteiger partial charge < -0.3 is 10.8 Å². The van der Waals surface area contributed by atoms with Crippen LogP contribution in [0, 0.1) is 0 Å². The fraction of sp³-hybridized carbons (Fsp3) is 0.133. The summed E-state index contributed by atoms with van der Waals surface area (Å²) in [4.78, 5) is 11.1. The summed E-state index contributed by atoms with van der Waals surface area (Å²) in [6, 6.07) is 3.41. The lowest BCUT2D eigenvalue weighted by atomic mass is 9.96. The highest BCUT2D eigenvalue weighted by atomic mass is 16.3. The summed E-state index contributed by atoms with van der Waals surface area (Å²) in [6.07, 6.45) is 4.39. The van der Waals surface area contributed by atoms with Crippen molar-refractivity contribution in [3.05, 3.63) is 60.7 Å². The van der Waals surface area contributed by atoms with Gasteiger partial charge in [0, 0.05) is 5.57 Å². The summed E-state index contributed by atoms with van der Waals surface area (Å²) in [6.45, 7) is 10.9. The van der Waals surface area contributed by atoms with Crippen LogP contribution in [-0.4, -0.2) is 11.0 Å². The zero-order valence-corrected chi connectivity index (χ0v) is 10.3. The predicted molar refractivity (Wildman–Crippen MR) is 74.1 cm³/mol. The molecule has 0 spiro atoms. The molecule has 0 unspecified atom stereocenters. The van der Waals surface area contributed by atoms with E-state index in [0.29, 0.717) is 29.5 Å². The lowest BCUT2D eigenvalue weighted by Crippen LogP contribution is -2.12. The van der Waals surface area contributed by atoms with Crippen LogP contribution in [0.1, 0.15) is 16.7 Å². The fourth-order valence-corrected chi connectivity index (χ4v) is 1.70. The van der Waals surface area contributed by atoms with Crippen LogP contribution in [0.5, 0.6) is 5.75 Å². The molecule has 0 fully saturated rings. The molecular weight excluding hydrogens is 226 g/mol. The molecule has 0 aromatic heterocycles. The molecule has 94 valence electrons. The Morgan fingerprint density at radius 2 is 1.67 bits per heavy atom. The number of amides is 1. The number of hydrogen-bond donors (Lipinski definition) is 2. The number of carbonyl (C=O) groups is 1. The Balaban J connectivity index is 3.36. The van der Waals surface area contributed by atoms with Crippen molar-refractivity contribution in [2.75, 3.05) is 0 Å². The molecule has 0 bridgehead atoms. The van der Waals surface area contributed by atoms with Gasteiger partial charge >= 0.3 is 0 Å². The number of rotatable bonds is 6. The highest BCUT2D eigenvalue weighted by Gasteiger charge is 2.12. The van der Waals surface area contributed by atoms with Crippen LogP contribution in [0.25, 0.3) is 5.57 Å². The van der Waals surface area contributed by atoms with Crippen molar-refractivity contribution < 1.29 is 9.90 Å². The quantitative estimate of drug-likeness (QED) is 0.595. The predicted octanol–water partition coefficient (Wildman–Crippen LogP) is 2.35. The van der Waals surface area contributed by atoms with Gasteiger partial charge in [-0.1, -0.05) is 18.7 Å². The van der Waals surface area contributed by atoms with Gasteiger partial charge in [0.05, 0.1) is 0 Å². The third kappa shape index (κ3) is 2.88. The minimum atomic E-state index is -0.574. The van der Waals surface area contributed by atoms with Crippen molar-refractivity contribution in [1.82, 2.24) is 0 Å². The molecule has 1 rings (SSSR count). The summed E-state index contributed by atoms with van der Waals surface area (Å²) in [5.74, 6) is -0.370. The molecule has 0 radical (unpaired) electrons. The van der Waals surface area contributed by atoms with Gasteiger partial charge in [0.1, 0.15) is 5.75 Å². The van der Waals surface area contributed by atoms with Crippen LogP contribution < -0.4 is 5.73 Å². The van der Waals surface area contributed by atoms with E-state index in [1.54, 1.807) is 24.3 Å². The Morgan fingerprint density at radius 3 is 2.00 bits per heavy atom. The first-order valence-electron chi connectivity index (χ1n) is 5.56. The SMILES string of the molecule is C=CCc1cc(C(=C)C(N)=O)cc(CC=C)c1O. The molecule has 0 heterocycles. The highest BCUT2D eigenvalue weighted by molar-refractivity contribution is 6.18. The lowest BCUT2D eigenvalue weighted by molar-refractivity contribution is -0.112. The zero-order valence-electron chi connectivity index (χ0n) is 10.3. The Hall–Kier alpha value is -2.29. The standard InChI is InChI=1S/C15H17NO2/c1-4-6-11-8-13(10(3)15(16)18)9-12(7-5-2)14(11)17/h4-5,8-9,17H,1-3,6-7H2,(H2,16,18). The monoisotopic (exact) mass is 243 g/mol. The van der Waals surface area contributed by atoms with Crippen LogP contribution in [0.2, 0.25) is 0 Å². The highest BCUT2D eigenvalue weighted by Crippen LogP contribution is 2.28. The van der Waals surface area contributed by atoms with Gasteiger partial charge in [-0.15, -0.1) is 13.2 Å². The number of phenols is 1. The molecule has 3 heteroatoms. The summed E-state index contributed by atoms with van der Waals surface area (Å²) >= 11 is 0. The van der Waals surface area contributed by atoms with E-state index in [9.17, 15) is 9.90 Å². The molecule has 0 aliphatic carbocycles. The molecule has 0 saturated heterocycles. The first-order chi connectivity index (χ1) is 8.51. The lowest BCUT2D eigenvalue weighted by Gasteiger charge is -2.11. The van der Waals surface area contributed by atoms with Crippen LogP contribution >= 0.6 is 0 Å². The fourth-order valence-electron chi connectivity index (χ4n) is 1.70. The molecule has 1 aromatic rings. The molecule has 3 nitrogen and oxygen atoms in total. The molecule has 0 atom stereocenters. The van der Waals surface area contributed by atoms with Crippen molar-refractivity contribution >= 4 is 11.5 Å². The van der Waals surface area contributed by atoms with E-state index in [-0.39, 0.29) is 11.3 Å². The first-order valence-corrected chi connectivity index (χ1v) is 5.56. The topological polar surface area (TPSA) is 63.3 Å². The summed E-state index contributed by atoms with van der Waals surface area (Å²) in [5, 5.41) is 10.1. The van der Waals surface area contributed by atoms with Crippen molar-refractivity contribution in [2.45, 2.75) is 12.8 Å². The number of hydrogen-bond acceptors (Lipinski definition) is 2. The molecule has 18 heavy (non-hydrogen) atoms. The molecule has 3 N–H and O–H groups in total. The molecule has 1 aromatic carbocycles. The number of aromatic hydroxyl groups is 1. The van der Waals surface area contributed by atoms with Gasteiger partial charge in [-0.25, -0.2) is 0 Å². The third-order valence-electron chi connectivity index (χ3n) is 2.64. The van der Waals surface area contributed by atoms with Crippen molar-refractivity contribution in [1.29, 1.82) is 0 Å². The Labute approximate surface area is 107 Å². The first kappa shape index (κ1) is 13.8. The zero-order chi connectivity index (χ0) is 13.7. The van der Waals surface area contributed by atoms with Gasteiger partial charge in [-0.3, -0.25) is 4.79 Å². The van der Waals surface area contributed by atoms with Gasteiger partial charge in [0.25, 0.3) is 0 Å². The maximum atomic E-state index is 11.1. The average Bonchev–Trinajstić information content (AvgIpc) is 2.33. The van der Waals surface area contributed by atoms with Crippen molar-refractivity contribution in [3.63, 3.8) is 0 Å². The maximum Gasteiger partial charge on any atom is 0.248 e. The normalized spacial score (nSPS) is 9.78. The Morgan fingerprint density at radius 1 is 1.22 bits per heavy atom. The van der Waals surface area contributed by atoms with Crippen LogP contribution in [-0.2, 0) is 17.6 Å². The van der Waals surface area contributed by atoms with E-state index in [4.69, 9.17) is 5.73 Å². The second kappa shape index (κ2) is 5.87. The number of nitrogens with two attached hydrogens (primary N) is 1. The van der Waals surface area contributed by atoms with E-state index in [0.717, 1.165) is 0 Å². The van der Waals surface area contributed by atoms with E-state index < -0.39 is 5.91 Å². The molecule has 1 amide bonds. The maximum absolute atomic E-state index is 11.1. The molecular formula is C15H17NO2. The summed E-state index contributed by atoms with van der Waals surface area (Å²) in [7, 11) is 0. The summed E-state index contributed by atoms with van der Waals surface area (Å²) in [5.41, 5.74) is 7.45. The smallest absolute Gasteiger partial charge is 0.248 e. The largest absolute Gasteiger partial charge is 0.507 e. The van der Waals surface area contributed by atoms with Gasteiger partial charge in [0.15, 0.2) is 0 Å². The Kier molecular flexibility index (Phi) is 4.49. The Bertz CT molecular complexity index is 484. The van der Waals surface area contributed by atoms with E-state index in [2.05, 4.69) is 19.7 Å². The van der Waals surface area contributed by atoms with Crippen LogP contribution in [0.15, 0.2) is 44.0 Å². The van der Waals surface area contributed by atoms with E-state index in [1.807, 2.05) is 0 Å². The minimum Gasteiger partial charge on any atom is -0.507 e. The van der Waals surface area contributed by atoms with Crippen molar-refractivity contribution in [2.24, 2.45) is 5.73 Å². The molecule has 0 aliphatic heterocycles. The van der Waals surface area contributed by atoms with Gasteiger partial charge in [-0.2, -0.15) is 0 Å². The summed E-state index contributed by atoms with van der Waals surface area (Å²) < 4.78 is 0. The van der Waals surface area contributed by atoms with Gasteiger partial charge in [0.2, 0.25) is 5.91 Å². The number of primary amides is 1. The average molecular weight is 243 g/mol. The van der Waals surface area contributed by atoms with E-state index >= 15 is 0 Å².